The number of nitrogens with two attached hydrogens (primary N) is 1. The second kappa shape index (κ2) is 10.4. The maximum atomic E-state index is 14.9. The summed E-state index contributed by atoms with van der Waals surface area (Å²) >= 11 is 0. The van der Waals surface area contributed by atoms with E-state index in [-0.39, 0.29) is 18.1 Å². The zero-order valence-electron chi connectivity index (χ0n) is 20.0. The van der Waals surface area contributed by atoms with Gasteiger partial charge in [-0.2, -0.15) is 0 Å². The lowest BCUT2D eigenvalue weighted by Gasteiger charge is -2.35. The molecule has 4 heterocycles. The van der Waals surface area contributed by atoms with E-state index in [4.69, 9.17) is 10.5 Å². The van der Waals surface area contributed by atoms with Crippen LogP contribution < -0.4 is 10.5 Å². The molecule has 1 aliphatic rings. The predicted octanol–water partition coefficient (Wildman–Crippen LogP) is 2.81. The molecule has 0 aliphatic carbocycles. The van der Waals surface area contributed by atoms with Crippen molar-refractivity contribution in [2.45, 2.75) is 25.9 Å². The molecule has 1 saturated heterocycles. The van der Waals surface area contributed by atoms with E-state index in [1.807, 2.05) is 13.1 Å². The Balaban J connectivity index is 1.17. The number of benzene rings is 1. The van der Waals surface area contributed by atoms with E-state index in [9.17, 15) is 9.18 Å². The normalized spacial score (nSPS) is 15.2. The number of H-pyrrole nitrogens is 1. The number of aromatic amines is 1. The van der Waals surface area contributed by atoms with Gasteiger partial charge in [0.1, 0.15) is 17.7 Å². The van der Waals surface area contributed by atoms with E-state index in [2.05, 4.69) is 24.8 Å². The molecule has 1 unspecified atom stereocenters. The summed E-state index contributed by atoms with van der Waals surface area (Å²) in [7, 11) is 0. The van der Waals surface area contributed by atoms with Gasteiger partial charge in [-0.05, 0) is 42.7 Å². The van der Waals surface area contributed by atoms with E-state index in [0.29, 0.717) is 30.0 Å². The van der Waals surface area contributed by atoms with Gasteiger partial charge in [-0.1, -0.05) is 6.07 Å². The maximum absolute atomic E-state index is 14.9. The van der Waals surface area contributed by atoms with E-state index < -0.39 is 11.9 Å². The Morgan fingerprint density at radius 1 is 1.14 bits per heavy atom. The Bertz CT molecular complexity index is 1350. The van der Waals surface area contributed by atoms with Gasteiger partial charge in [0.25, 0.3) is 0 Å². The standard InChI is InChI=1S/C26H28FN7O2/c1-17-12-32-25-24(17)23(4-5-31-25)36-22-3-2-18(10-20(22)27)11-21(28)26(35)34-8-6-33(7-9-34)15-19-13-29-16-30-14-19/h2-5,10,12-14,16,21H,6-9,11,15,28H2,1H3,(H,31,32). The van der Waals surface area contributed by atoms with Gasteiger partial charge in [0.2, 0.25) is 5.91 Å². The van der Waals surface area contributed by atoms with Crippen molar-refractivity contribution < 1.29 is 13.9 Å². The van der Waals surface area contributed by atoms with Gasteiger partial charge in [-0.15, -0.1) is 0 Å². The number of pyridine rings is 1. The van der Waals surface area contributed by atoms with Crippen LogP contribution in [0.2, 0.25) is 0 Å². The van der Waals surface area contributed by atoms with Gasteiger partial charge in [0, 0.05) is 63.1 Å². The molecule has 4 aromatic rings. The quantitative estimate of drug-likeness (QED) is 0.410. The number of hydrogen-bond donors (Lipinski definition) is 2. The van der Waals surface area contributed by atoms with Crippen LogP contribution in [0.4, 0.5) is 4.39 Å². The lowest BCUT2D eigenvalue weighted by Crippen LogP contribution is -2.53. The molecule has 3 N–H and O–H groups in total. The van der Waals surface area contributed by atoms with Crippen LogP contribution in [0.5, 0.6) is 11.5 Å². The smallest absolute Gasteiger partial charge is 0.239 e. The molecule has 0 bridgehead atoms. The van der Waals surface area contributed by atoms with Crippen molar-refractivity contribution in [1.29, 1.82) is 0 Å². The molecule has 1 aromatic carbocycles. The minimum atomic E-state index is -0.743. The number of aromatic nitrogens is 4. The van der Waals surface area contributed by atoms with Gasteiger partial charge in [0.05, 0.1) is 11.4 Å². The Kier molecular flexibility index (Phi) is 6.88. The first-order valence-electron chi connectivity index (χ1n) is 11.9. The van der Waals surface area contributed by atoms with E-state index in [0.717, 1.165) is 36.1 Å². The fourth-order valence-corrected chi connectivity index (χ4v) is 4.51. The average Bonchev–Trinajstić information content (AvgIpc) is 3.28. The molecule has 36 heavy (non-hydrogen) atoms. The van der Waals surface area contributed by atoms with Crippen LogP contribution >= 0.6 is 0 Å². The first kappa shape index (κ1) is 23.8. The van der Waals surface area contributed by atoms with Crippen LogP contribution in [0.25, 0.3) is 11.0 Å². The van der Waals surface area contributed by atoms with Crippen molar-refractivity contribution in [2.24, 2.45) is 5.73 Å². The molecule has 5 rings (SSSR count). The summed E-state index contributed by atoms with van der Waals surface area (Å²) in [6.45, 7) is 5.37. The molecular formula is C26H28FN7O2. The Morgan fingerprint density at radius 3 is 2.67 bits per heavy atom. The predicted molar refractivity (Wildman–Crippen MR) is 133 cm³/mol. The Labute approximate surface area is 208 Å². The Morgan fingerprint density at radius 2 is 1.92 bits per heavy atom. The molecule has 0 radical (unpaired) electrons. The van der Waals surface area contributed by atoms with E-state index in [1.165, 1.54) is 12.4 Å². The van der Waals surface area contributed by atoms with E-state index in [1.54, 1.807) is 41.7 Å². The van der Waals surface area contributed by atoms with Gasteiger partial charge in [0.15, 0.2) is 11.6 Å². The summed E-state index contributed by atoms with van der Waals surface area (Å²) in [6.07, 6.45) is 8.80. The Hall–Kier alpha value is -3.89. The lowest BCUT2D eigenvalue weighted by atomic mass is 10.0. The fourth-order valence-electron chi connectivity index (χ4n) is 4.51. The second-order valence-electron chi connectivity index (χ2n) is 9.03. The molecule has 10 heteroatoms. The van der Waals surface area contributed by atoms with E-state index >= 15 is 0 Å². The summed E-state index contributed by atoms with van der Waals surface area (Å²) in [5.41, 5.74) is 9.56. The number of fused-ring (bicyclic) bond motifs is 1. The molecule has 1 aliphatic heterocycles. The third kappa shape index (κ3) is 5.19. The number of nitrogens with zero attached hydrogens (tertiary/aromatic N) is 5. The third-order valence-electron chi connectivity index (χ3n) is 6.43. The first-order valence-corrected chi connectivity index (χ1v) is 11.9. The van der Waals surface area contributed by atoms with Crippen LogP contribution in [0.15, 0.2) is 55.4 Å². The molecule has 186 valence electrons. The van der Waals surface area contributed by atoms with Crippen LogP contribution in [0.1, 0.15) is 16.7 Å². The van der Waals surface area contributed by atoms with Gasteiger partial charge < -0.3 is 20.4 Å². The monoisotopic (exact) mass is 489 g/mol. The summed E-state index contributed by atoms with van der Waals surface area (Å²) in [5, 5.41) is 0.811. The van der Waals surface area contributed by atoms with Gasteiger partial charge in [-0.25, -0.2) is 19.3 Å². The number of amides is 1. The highest BCUT2D eigenvalue weighted by molar-refractivity contribution is 5.86. The number of piperazine rings is 1. The van der Waals surface area contributed by atoms with Crippen molar-refractivity contribution in [3.05, 3.63) is 77.9 Å². The highest BCUT2D eigenvalue weighted by atomic mass is 19.1. The topological polar surface area (TPSA) is 113 Å². The van der Waals surface area contributed by atoms with Crippen molar-refractivity contribution >= 4 is 16.9 Å². The van der Waals surface area contributed by atoms with Crippen molar-refractivity contribution in [2.75, 3.05) is 26.2 Å². The zero-order valence-corrected chi connectivity index (χ0v) is 20.0. The summed E-state index contributed by atoms with van der Waals surface area (Å²) in [5.74, 6) is -0.00718. The fraction of sp³-hybridized carbons (Fsp3) is 0.308. The largest absolute Gasteiger partial charge is 0.453 e. The van der Waals surface area contributed by atoms with Crippen molar-refractivity contribution in [3.8, 4) is 11.5 Å². The van der Waals surface area contributed by atoms with Crippen LogP contribution in [-0.4, -0.2) is 67.9 Å². The van der Waals surface area contributed by atoms with Gasteiger partial charge >= 0.3 is 0 Å². The summed E-state index contributed by atoms with van der Waals surface area (Å²) < 4.78 is 20.8. The number of aryl methyl sites for hydroxylation is 1. The number of carbonyl (C=O) groups is 1. The second-order valence-corrected chi connectivity index (χ2v) is 9.03. The zero-order chi connectivity index (χ0) is 25.1. The van der Waals surface area contributed by atoms with Crippen LogP contribution in [0.3, 0.4) is 0 Å². The highest BCUT2D eigenvalue weighted by Crippen LogP contribution is 2.32. The summed E-state index contributed by atoms with van der Waals surface area (Å²) in [4.78, 5) is 32.4. The molecule has 1 fully saturated rings. The van der Waals surface area contributed by atoms with Crippen LogP contribution in [-0.2, 0) is 17.8 Å². The first-order chi connectivity index (χ1) is 17.5. The number of rotatable bonds is 7. The van der Waals surface area contributed by atoms with Crippen molar-refractivity contribution in [3.63, 3.8) is 0 Å². The third-order valence-corrected chi connectivity index (χ3v) is 6.43. The number of ether oxygens (including phenoxy) is 1. The molecule has 1 atom stereocenters. The molecule has 0 spiro atoms. The number of hydrogen-bond acceptors (Lipinski definition) is 7. The van der Waals surface area contributed by atoms with Crippen LogP contribution in [0, 0.1) is 12.7 Å². The molecule has 3 aromatic heterocycles. The highest BCUT2D eigenvalue weighted by Gasteiger charge is 2.26. The molecule has 9 nitrogen and oxygen atoms in total. The van der Waals surface area contributed by atoms with Gasteiger partial charge in [-0.3, -0.25) is 9.69 Å². The average molecular weight is 490 g/mol. The number of carbonyl (C=O) groups excluding carboxylic acids is 1. The van der Waals surface area contributed by atoms with Crippen molar-refractivity contribution in [1.82, 2.24) is 29.7 Å². The SMILES string of the molecule is Cc1c[nH]c2nccc(Oc3ccc(CC(N)C(=O)N4CCN(Cc5cncnc5)CC4)cc3F)c12. The number of halogens is 1. The molecular weight excluding hydrogens is 461 g/mol. The maximum Gasteiger partial charge on any atom is 0.239 e. The summed E-state index contributed by atoms with van der Waals surface area (Å²) in [6, 6.07) is 5.66. The molecule has 1 amide bonds. The lowest BCUT2D eigenvalue weighted by molar-refractivity contribution is -0.134. The molecule has 0 saturated carbocycles. The number of nitrogens with one attached hydrogen (secondary N) is 1. The minimum Gasteiger partial charge on any atom is -0.453 e. The minimum absolute atomic E-state index is 0.103.